The number of aliphatic hydroxyl groups is 1. The number of ether oxygens (including phenoxy) is 1. The summed E-state index contributed by atoms with van der Waals surface area (Å²) in [6.45, 7) is 5.78. The number of piperazine rings is 1. The molecular weight excluding hydrogens is 310 g/mol. The van der Waals surface area contributed by atoms with Crippen molar-refractivity contribution in [2.45, 2.75) is 25.0 Å². The molecule has 2 atom stereocenters. The topological polar surface area (TPSA) is 78.2 Å². The van der Waals surface area contributed by atoms with E-state index in [0.717, 1.165) is 45.6 Å². The summed E-state index contributed by atoms with van der Waals surface area (Å²) in [7, 11) is 0. The van der Waals surface area contributed by atoms with E-state index in [1.54, 1.807) is 18.4 Å². The lowest BCUT2D eigenvalue weighted by Crippen LogP contribution is -2.50. The maximum absolute atomic E-state index is 12.0. The molecule has 0 unspecified atom stereocenters. The summed E-state index contributed by atoms with van der Waals surface area (Å²) < 4.78 is 10.7. The Bertz CT molecular complexity index is 494. The van der Waals surface area contributed by atoms with Crippen LogP contribution in [0.3, 0.4) is 0 Å². The van der Waals surface area contributed by atoms with Gasteiger partial charge in [0.2, 0.25) is 5.91 Å². The van der Waals surface area contributed by atoms with E-state index in [0.29, 0.717) is 25.4 Å². The van der Waals surface area contributed by atoms with Crippen molar-refractivity contribution in [2.24, 2.45) is 0 Å². The van der Waals surface area contributed by atoms with Crippen LogP contribution in [0.5, 0.6) is 0 Å². The normalized spacial score (nSPS) is 24.1. The first-order valence-electron chi connectivity index (χ1n) is 8.75. The van der Waals surface area contributed by atoms with Gasteiger partial charge in [-0.2, -0.15) is 0 Å². The van der Waals surface area contributed by atoms with Gasteiger partial charge in [0.15, 0.2) is 0 Å². The van der Waals surface area contributed by atoms with Crippen molar-refractivity contribution in [1.82, 2.24) is 15.1 Å². The molecule has 1 aromatic heterocycles. The molecule has 3 heterocycles. The zero-order valence-electron chi connectivity index (χ0n) is 14.0. The van der Waals surface area contributed by atoms with Gasteiger partial charge in [-0.15, -0.1) is 0 Å². The molecule has 2 fully saturated rings. The molecule has 134 valence electrons. The van der Waals surface area contributed by atoms with Gasteiger partial charge in [-0.3, -0.25) is 14.6 Å². The molecule has 2 saturated heterocycles. The number of nitrogens with zero attached hydrogens (tertiary/aromatic N) is 2. The Labute approximate surface area is 142 Å². The molecule has 2 N–H and O–H groups in total. The van der Waals surface area contributed by atoms with Gasteiger partial charge in [-0.1, -0.05) is 0 Å². The molecule has 1 aromatic rings. The second-order valence-electron chi connectivity index (χ2n) is 6.55. The second-order valence-corrected chi connectivity index (χ2v) is 6.55. The van der Waals surface area contributed by atoms with Gasteiger partial charge in [0, 0.05) is 45.9 Å². The molecule has 2 aliphatic heterocycles. The van der Waals surface area contributed by atoms with E-state index in [4.69, 9.17) is 9.15 Å². The highest BCUT2D eigenvalue weighted by atomic mass is 16.5. The summed E-state index contributed by atoms with van der Waals surface area (Å²) in [5, 5.41) is 13.1. The molecule has 0 radical (unpaired) electrons. The summed E-state index contributed by atoms with van der Waals surface area (Å²) in [5.74, 6) is 0.667. The number of carbonyl (C=O) groups excluding carboxylic acids is 1. The largest absolute Gasteiger partial charge is 0.467 e. The Kier molecular flexibility index (Phi) is 6.25. The zero-order valence-corrected chi connectivity index (χ0v) is 14.0. The van der Waals surface area contributed by atoms with Gasteiger partial charge in [0.05, 0.1) is 18.9 Å². The van der Waals surface area contributed by atoms with Crippen molar-refractivity contribution in [3.05, 3.63) is 24.2 Å². The lowest BCUT2D eigenvalue weighted by atomic mass is 10.2. The number of carbonyl (C=O) groups is 1. The second kappa shape index (κ2) is 8.62. The van der Waals surface area contributed by atoms with Crippen LogP contribution >= 0.6 is 0 Å². The Morgan fingerprint density at radius 2 is 2.12 bits per heavy atom. The molecule has 24 heavy (non-hydrogen) atoms. The van der Waals surface area contributed by atoms with Crippen LogP contribution < -0.4 is 5.32 Å². The third kappa shape index (κ3) is 5.04. The number of nitrogens with one attached hydrogen (secondary N) is 1. The fraction of sp³-hybridized carbons (Fsp3) is 0.706. The van der Waals surface area contributed by atoms with E-state index in [1.807, 2.05) is 0 Å². The number of aliphatic hydroxyl groups excluding tert-OH is 1. The molecule has 0 bridgehead atoms. The molecule has 7 heteroatoms. The standard InChI is InChI=1S/C17H27N3O4/c21-15(16-4-2-10-24-16)12-19-5-7-20(8-6-19)13-17(22)18-11-14-3-1-9-23-14/h2,4,10,14-15,21H,1,3,5-9,11-13H2,(H,18,22)/t14-,15+/m1/s1. The van der Waals surface area contributed by atoms with E-state index in [1.165, 1.54) is 0 Å². The van der Waals surface area contributed by atoms with Crippen LogP contribution in [0.15, 0.2) is 22.8 Å². The third-order valence-corrected chi connectivity index (χ3v) is 4.69. The molecule has 0 spiro atoms. The highest BCUT2D eigenvalue weighted by molar-refractivity contribution is 5.78. The van der Waals surface area contributed by atoms with Gasteiger partial charge in [-0.25, -0.2) is 0 Å². The average molecular weight is 337 g/mol. The third-order valence-electron chi connectivity index (χ3n) is 4.69. The van der Waals surface area contributed by atoms with Gasteiger partial charge in [0.1, 0.15) is 11.9 Å². The van der Waals surface area contributed by atoms with Crippen molar-refractivity contribution in [2.75, 3.05) is 52.4 Å². The number of amides is 1. The van der Waals surface area contributed by atoms with Gasteiger partial charge < -0.3 is 19.6 Å². The first-order chi connectivity index (χ1) is 11.7. The highest BCUT2D eigenvalue weighted by Crippen LogP contribution is 2.15. The average Bonchev–Trinajstić information content (AvgIpc) is 3.28. The Hall–Kier alpha value is -1.41. The summed E-state index contributed by atoms with van der Waals surface area (Å²) >= 11 is 0. The van der Waals surface area contributed by atoms with Crippen LogP contribution in [0.25, 0.3) is 0 Å². The molecule has 0 saturated carbocycles. The Morgan fingerprint density at radius 3 is 2.79 bits per heavy atom. The smallest absolute Gasteiger partial charge is 0.234 e. The first kappa shape index (κ1) is 17.4. The fourth-order valence-electron chi connectivity index (χ4n) is 3.24. The maximum Gasteiger partial charge on any atom is 0.234 e. The van der Waals surface area contributed by atoms with Crippen LogP contribution in [0.2, 0.25) is 0 Å². The number of furan rings is 1. The zero-order chi connectivity index (χ0) is 16.8. The van der Waals surface area contributed by atoms with E-state index in [-0.39, 0.29) is 12.0 Å². The van der Waals surface area contributed by atoms with Crippen molar-refractivity contribution in [1.29, 1.82) is 0 Å². The van der Waals surface area contributed by atoms with Crippen molar-refractivity contribution in [3.8, 4) is 0 Å². The monoisotopic (exact) mass is 337 g/mol. The Morgan fingerprint density at radius 1 is 1.33 bits per heavy atom. The number of hydrogen-bond donors (Lipinski definition) is 2. The molecule has 0 aliphatic carbocycles. The van der Waals surface area contributed by atoms with Crippen molar-refractivity contribution in [3.63, 3.8) is 0 Å². The highest BCUT2D eigenvalue weighted by Gasteiger charge is 2.23. The summed E-state index contributed by atoms with van der Waals surface area (Å²) in [5.41, 5.74) is 0. The predicted molar refractivity (Wildman–Crippen MR) is 88.5 cm³/mol. The molecule has 7 nitrogen and oxygen atoms in total. The summed E-state index contributed by atoms with van der Waals surface area (Å²) in [6, 6.07) is 3.57. The van der Waals surface area contributed by atoms with Gasteiger partial charge in [-0.05, 0) is 25.0 Å². The molecule has 1 amide bonds. The molecule has 3 rings (SSSR count). The van der Waals surface area contributed by atoms with Crippen molar-refractivity contribution < 1.29 is 19.1 Å². The van der Waals surface area contributed by atoms with Crippen LogP contribution in [0.4, 0.5) is 0 Å². The van der Waals surface area contributed by atoms with Gasteiger partial charge >= 0.3 is 0 Å². The molecular formula is C17H27N3O4. The quantitative estimate of drug-likeness (QED) is 0.741. The minimum atomic E-state index is -0.596. The number of hydrogen-bond acceptors (Lipinski definition) is 6. The van der Waals surface area contributed by atoms with E-state index in [2.05, 4.69) is 15.1 Å². The van der Waals surface area contributed by atoms with E-state index >= 15 is 0 Å². The van der Waals surface area contributed by atoms with Crippen LogP contribution in [-0.4, -0.2) is 79.3 Å². The van der Waals surface area contributed by atoms with E-state index < -0.39 is 6.10 Å². The van der Waals surface area contributed by atoms with E-state index in [9.17, 15) is 9.90 Å². The van der Waals surface area contributed by atoms with Crippen LogP contribution in [0.1, 0.15) is 24.7 Å². The number of rotatable bonds is 7. The number of β-amino-alcohol motifs (C(OH)–C–C–N with tert-alkyl or cyclic N) is 1. The maximum atomic E-state index is 12.0. The minimum Gasteiger partial charge on any atom is -0.467 e. The SMILES string of the molecule is O=C(CN1CCN(C[C@H](O)c2ccco2)CC1)NC[C@H]1CCCO1. The summed E-state index contributed by atoms with van der Waals surface area (Å²) in [6.07, 6.45) is 3.30. The first-order valence-corrected chi connectivity index (χ1v) is 8.75. The predicted octanol–water partition coefficient (Wildman–Crippen LogP) is 0.226. The fourth-order valence-corrected chi connectivity index (χ4v) is 3.24. The van der Waals surface area contributed by atoms with Crippen LogP contribution in [-0.2, 0) is 9.53 Å². The van der Waals surface area contributed by atoms with Crippen molar-refractivity contribution >= 4 is 5.91 Å². The molecule has 2 aliphatic rings. The lowest BCUT2D eigenvalue weighted by molar-refractivity contribution is -0.123. The lowest BCUT2D eigenvalue weighted by Gasteiger charge is -2.35. The van der Waals surface area contributed by atoms with Gasteiger partial charge in [0.25, 0.3) is 0 Å². The Balaban J connectivity index is 1.32. The molecule has 0 aromatic carbocycles. The summed E-state index contributed by atoms with van der Waals surface area (Å²) in [4.78, 5) is 16.4. The van der Waals surface area contributed by atoms with Crippen LogP contribution in [0, 0.1) is 0 Å². The minimum absolute atomic E-state index is 0.0644.